The van der Waals surface area contributed by atoms with Gasteiger partial charge in [-0.3, -0.25) is 9.59 Å². The third-order valence-corrected chi connectivity index (χ3v) is 6.28. The molecule has 4 aromatic rings. The van der Waals surface area contributed by atoms with E-state index in [0.717, 1.165) is 25.0 Å². The molecule has 3 aromatic heterocycles. The number of aromatic amines is 1. The van der Waals surface area contributed by atoms with E-state index in [4.69, 9.17) is 9.15 Å². The first-order valence-electron chi connectivity index (χ1n) is 10.5. The Morgan fingerprint density at radius 3 is 2.97 bits per heavy atom. The summed E-state index contributed by atoms with van der Waals surface area (Å²) in [6.07, 6.45) is 3.65. The lowest BCUT2D eigenvalue weighted by molar-refractivity contribution is 0.0858. The molecule has 0 unspecified atom stereocenters. The van der Waals surface area contributed by atoms with Gasteiger partial charge in [0.1, 0.15) is 16.4 Å². The van der Waals surface area contributed by atoms with Gasteiger partial charge < -0.3 is 24.8 Å². The summed E-state index contributed by atoms with van der Waals surface area (Å²) in [6.45, 7) is 1.52. The van der Waals surface area contributed by atoms with Crippen molar-refractivity contribution in [2.45, 2.75) is 25.5 Å². The number of nitrogens with one attached hydrogen (secondary N) is 3. The molecule has 9 heteroatoms. The Balaban J connectivity index is 1.31. The van der Waals surface area contributed by atoms with Crippen molar-refractivity contribution in [2.24, 2.45) is 0 Å². The van der Waals surface area contributed by atoms with Gasteiger partial charge >= 0.3 is 0 Å². The van der Waals surface area contributed by atoms with Crippen LogP contribution in [-0.4, -0.2) is 35.1 Å². The highest BCUT2D eigenvalue weighted by Crippen LogP contribution is 2.30. The number of thiophene rings is 1. The highest BCUT2D eigenvalue weighted by molar-refractivity contribution is 7.17. The molecule has 8 nitrogen and oxygen atoms in total. The van der Waals surface area contributed by atoms with Crippen molar-refractivity contribution >= 4 is 33.1 Å². The molecule has 1 aromatic carbocycles. The number of hydrogen-bond acceptors (Lipinski definition) is 7. The summed E-state index contributed by atoms with van der Waals surface area (Å²) in [5.41, 5.74) is 1.71. The van der Waals surface area contributed by atoms with Crippen LogP contribution in [0.25, 0.3) is 21.5 Å². The van der Waals surface area contributed by atoms with Crippen LogP contribution in [0.3, 0.4) is 0 Å². The zero-order chi connectivity index (χ0) is 21.9. The van der Waals surface area contributed by atoms with Gasteiger partial charge in [-0.1, -0.05) is 12.1 Å². The summed E-state index contributed by atoms with van der Waals surface area (Å²) >= 11 is 1.39. The Kier molecular flexibility index (Phi) is 5.74. The van der Waals surface area contributed by atoms with E-state index in [2.05, 4.69) is 20.6 Å². The third kappa shape index (κ3) is 4.17. The minimum Gasteiger partial charge on any atom is -0.464 e. The molecule has 32 heavy (non-hydrogen) atoms. The fraction of sp³-hybridized carbons (Fsp3) is 0.261. The van der Waals surface area contributed by atoms with E-state index in [-0.39, 0.29) is 24.1 Å². The van der Waals surface area contributed by atoms with Crippen LogP contribution in [0.15, 0.2) is 57.3 Å². The number of rotatable bonds is 7. The number of ether oxygens (including phenoxy) is 1. The number of H-pyrrole nitrogens is 1. The van der Waals surface area contributed by atoms with Gasteiger partial charge in [-0.05, 0) is 37.1 Å². The van der Waals surface area contributed by atoms with Crippen molar-refractivity contribution in [3.8, 4) is 11.3 Å². The number of benzene rings is 1. The van der Waals surface area contributed by atoms with Crippen LogP contribution < -0.4 is 16.2 Å². The molecular weight excluding hydrogens is 428 g/mol. The summed E-state index contributed by atoms with van der Waals surface area (Å²) in [7, 11) is 0. The van der Waals surface area contributed by atoms with Gasteiger partial charge in [-0.25, -0.2) is 4.98 Å². The summed E-state index contributed by atoms with van der Waals surface area (Å²) in [5.74, 6) is 0.962. The fourth-order valence-electron chi connectivity index (χ4n) is 3.81. The first-order valence-corrected chi connectivity index (χ1v) is 11.3. The SMILES string of the molecule is O=C(NC[C@@H]1CCCO1)c1ccccc1NCc1nc2scc(-c3ccco3)c2c(=O)[nH]1. The first-order chi connectivity index (χ1) is 15.7. The number of anilines is 1. The topological polar surface area (TPSA) is 109 Å². The number of nitrogens with zero attached hydrogens (tertiary/aromatic N) is 1. The molecule has 5 rings (SSSR count). The second-order valence-electron chi connectivity index (χ2n) is 7.56. The minimum atomic E-state index is -0.220. The van der Waals surface area contributed by atoms with Gasteiger partial charge in [-0.15, -0.1) is 11.3 Å². The van der Waals surface area contributed by atoms with Crippen LogP contribution in [0, 0.1) is 0 Å². The van der Waals surface area contributed by atoms with Crippen molar-refractivity contribution in [2.75, 3.05) is 18.5 Å². The van der Waals surface area contributed by atoms with Gasteiger partial charge in [0.2, 0.25) is 0 Å². The molecule has 0 aliphatic carbocycles. The molecule has 1 saturated heterocycles. The number of hydrogen-bond donors (Lipinski definition) is 3. The maximum absolute atomic E-state index is 12.7. The number of furan rings is 1. The maximum Gasteiger partial charge on any atom is 0.260 e. The van der Waals surface area contributed by atoms with E-state index < -0.39 is 0 Å². The Hall–Kier alpha value is -3.43. The van der Waals surface area contributed by atoms with Gasteiger partial charge in [0.05, 0.1) is 29.9 Å². The highest BCUT2D eigenvalue weighted by Gasteiger charge is 2.18. The van der Waals surface area contributed by atoms with E-state index in [0.29, 0.717) is 39.6 Å². The predicted octanol–water partition coefficient (Wildman–Crippen LogP) is 3.77. The van der Waals surface area contributed by atoms with Crippen molar-refractivity contribution in [3.63, 3.8) is 0 Å². The van der Waals surface area contributed by atoms with Crippen LogP contribution in [-0.2, 0) is 11.3 Å². The van der Waals surface area contributed by atoms with Crippen LogP contribution in [0.1, 0.15) is 29.0 Å². The lowest BCUT2D eigenvalue weighted by Crippen LogP contribution is -2.32. The monoisotopic (exact) mass is 450 g/mol. The smallest absolute Gasteiger partial charge is 0.260 e. The molecule has 0 saturated carbocycles. The van der Waals surface area contributed by atoms with Gasteiger partial charge in [-0.2, -0.15) is 0 Å². The molecule has 0 bridgehead atoms. The summed E-state index contributed by atoms with van der Waals surface area (Å²) < 4.78 is 11.0. The third-order valence-electron chi connectivity index (χ3n) is 5.41. The lowest BCUT2D eigenvalue weighted by atomic mass is 10.1. The second-order valence-corrected chi connectivity index (χ2v) is 8.42. The van der Waals surface area contributed by atoms with Crippen LogP contribution >= 0.6 is 11.3 Å². The Morgan fingerprint density at radius 2 is 2.16 bits per heavy atom. The van der Waals surface area contributed by atoms with Crippen LogP contribution in [0.2, 0.25) is 0 Å². The van der Waals surface area contributed by atoms with Crippen LogP contribution in [0.4, 0.5) is 5.69 Å². The highest BCUT2D eigenvalue weighted by atomic mass is 32.1. The fourth-order valence-corrected chi connectivity index (χ4v) is 4.76. The van der Waals surface area contributed by atoms with Crippen molar-refractivity contribution in [3.05, 3.63) is 69.8 Å². The first kappa shape index (κ1) is 20.5. The van der Waals surface area contributed by atoms with E-state index in [1.165, 1.54) is 11.3 Å². The maximum atomic E-state index is 12.7. The van der Waals surface area contributed by atoms with Crippen molar-refractivity contribution in [1.82, 2.24) is 15.3 Å². The minimum absolute atomic E-state index is 0.0805. The van der Waals surface area contributed by atoms with E-state index in [1.54, 1.807) is 18.4 Å². The van der Waals surface area contributed by atoms with E-state index in [1.807, 2.05) is 29.6 Å². The summed E-state index contributed by atoms with van der Waals surface area (Å²) in [5, 5.41) is 8.56. The van der Waals surface area contributed by atoms with E-state index >= 15 is 0 Å². The van der Waals surface area contributed by atoms with Gasteiger partial charge in [0.15, 0.2) is 0 Å². The average Bonchev–Trinajstić information content (AvgIpc) is 3.57. The Labute approximate surface area is 187 Å². The number of aromatic nitrogens is 2. The van der Waals surface area contributed by atoms with Crippen molar-refractivity contribution < 1.29 is 13.9 Å². The molecule has 4 heterocycles. The molecule has 164 valence electrons. The normalized spacial score (nSPS) is 15.8. The summed E-state index contributed by atoms with van der Waals surface area (Å²) in [6, 6.07) is 10.9. The molecule has 1 fully saturated rings. The number of carbonyl (C=O) groups is 1. The molecule has 0 spiro atoms. The molecule has 1 aliphatic rings. The molecule has 3 N–H and O–H groups in total. The zero-order valence-corrected chi connectivity index (χ0v) is 18.0. The van der Waals surface area contributed by atoms with Crippen LogP contribution in [0.5, 0.6) is 0 Å². The largest absolute Gasteiger partial charge is 0.464 e. The Bertz CT molecular complexity index is 1290. The van der Waals surface area contributed by atoms with Gasteiger partial charge in [0, 0.05) is 29.8 Å². The van der Waals surface area contributed by atoms with Crippen molar-refractivity contribution in [1.29, 1.82) is 0 Å². The number of para-hydroxylation sites is 1. The number of fused-ring (bicyclic) bond motifs is 1. The second kappa shape index (κ2) is 8.97. The Morgan fingerprint density at radius 1 is 1.25 bits per heavy atom. The standard InChI is InChI=1S/C23H22N4O4S/c28-21(25-11-14-5-3-9-30-14)15-6-1-2-7-17(15)24-12-19-26-22(29)20-16(13-32-23(20)27-19)18-8-4-10-31-18/h1-2,4,6-8,10,13-14,24H,3,5,9,11-12H2,(H,25,28)(H,26,27,29)/t14-/m0/s1. The molecule has 1 aliphatic heterocycles. The molecular formula is C23H22N4O4S. The molecule has 1 amide bonds. The van der Waals surface area contributed by atoms with Gasteiger partial charge in [0.25, 0.3) is 11.5 Å². The number of amides is 1. The predicted molar refractivity (Wildman–Crippen MR) is 123 cm³/mol. The number of carbonyl (C=O) groups excluding carboxylic acids is 1. The van der Waals surface area contributed by atoms with E-state index in [9.17, 15) is 9.59 Å². The quantitative estimate of drug-likeness (QED) is 0.396. The molecule has 1 atom stereocenters. The average molecular weight is 451 g/mol. The summed E-state index contributed by atoms with van der Waals surface area (Å²) in [4.78, 5) is 33.5. The lowest BCUT2D eigenvalue weighted by Gasteiger charge is -2.14. The zero-order valence-electron chi connectivity index (χ0n) is 17.2. The molecule has 0 radical (unpaired) electrons.